The molecule has 3 atom stereocenters. The third-order valence-electron chi connectivity index (χ3n) is 3.71. The Kier molecular flexibility index (Phi) is 7.63. The Hall–Kier alpha value is -2.16. The zero-order valence-electron chi connectivity index (χ0n) is 13.9. The summed E-state index contributed by atoms with van der Waals surface area (Å²) in [6.07, 6.45) is 1.03. The fourth-order valence-electron chi connectivity index (χ4n) is 2.53. The maximum absolute atomic E-state index is 12.3. The number of aliphatic carboxylic acids is 2. The van der Waals surface area contributed by atoms with E-state index in [2.05, 4.69) is 16.0 Å². The third-order valence-corrected chi connectivity index (χ3v) is 3.71. The SMILES string of the molecule is CC(C)CC(NC(=O)C(CC(=O)O)NC(=O)C1CCCN1)C(=O)O. The first kappa shape index (κ1) is 19.9. The van der Waals surface area contributed by atoms with E-state index in [9.17, 15) is 19.2 Å². The lowest BCUT2D eigenvalue weighted by Crippen LogP contribution is -2.55. The number of carbonyl (C=O) groups is 4. The second-order valence-corrected chi connectivity index (χ2v) is 6.34. The lowest BCUT2D eigenvalue weighted by atomic mass is 10.0. The summed E-state index contributed by atoms with van der Waals surface area (Å²) < 4.78 is 0. The Morgan fingerprint density at radius 2 is 1.79 bits per heavy atom. The highest BCUT2D eigenvalue weighted by Crippen LogP contribution is 2.08. The molecule has 0 aromatic carbocycles. The predicted molar refractivity (Wildman–Crippen MR) is 84.2 cm³/mol. The van der Waals surface area contributed by atoms with E-state index in [4.69, 9.17) is 10.2 Å². The van der Waals surface area contributed by atoms with Crippen molar-refractivity contribution in [3.8, 4) is 0 Å². The molecule has 1 rings (SSSR count). The Balaban J connectivity index is 2.73. The first-order valence-electron chi connectivity index (χ1n) is 7.99. The fourth-order valence-corrected chi connectivity index (χ4v) is 2.53. The molecule has 0 radical (unpaired) electrons. The van der Waals surface area contributed by atoms with Crippen LogP contribution in [0.3, 0.4) is 0 Å². The standard InChI is InChI=1S/C15H25N3O6/c1-8(2)6-11(15(23)24)18-14(22)10(7-12(19)20)17-13(21)9-4-3-5-16-9/h8-11,16H,3-7H2,1-2H3,(H,17,21)(H,18,22)(H,19,20)(H,23,24). The molecule has 2 amide bonds. The molecule has 1 saturated heterocycles. The van der Waals surface area contributed by atoms with Gasteiger partial charge >= 0.3 is 11.9 Å². The van der Waals surface area contributed by atoms with Crippen LogP contribution in [-0.2, 0) is 19.2 Å². The summed E-state index contributed by atoms with van der Waals surface area (Å²) in [5.41, 5.74) is 0. The molecule has 9 heteroatoms. The number of carbonyl (C=O) groups excluding carboxylic acids is 2. The highest BCUT2D eigenvalue weighted by Gasteiger charge is 2.31. The van der Waals surface area contributed by atoms with Crippen LogP contribution in [0.4, 0.5) is 0 Å². The molecule has 1 aliphatic heterocycles. The number of hydrogen-bond acceptors (Lipinski definition) is 5. The molecule has 3 unspecified atom stereocenters. The van der Waals surface area contributed by atoms with Crippen LogP contribution < -0.4 is 16.0 Å². The van der Waals surface area contributed by atoms with Gasteiger partial charge in [0, 0.05) is 0 Å². The summed E-state index contributed by atoms with van der Waals surface area (Å²) in [5, 5.41) is 25.8. The molecule has 136 valence electrons. The maximum atomic E-state index is 12.3. The molecular weight excluding hydrogens is 318 g/mol. The molecule has 1 heterocycles. The topological polar surface area (TPSA) is 145 Å². The second kappa shape index (κ2) is 9.21. The quantitative estimate of drug-likeness (QED) is 0.373. The van der Waals surface area contributed by atoms with Crippen LogP contribution in [0.1, 0.15) is 39.5 Å². The van der Waals surface area contributed by atoms with E-state index < -0.39 is 48.3 Å². The van der Waals surface area contributed by atoms with Crippen molar-refractivity contribution in [2.24, 2.45) is 5.92 Å². The van der Waals surface area contributed by atoms with Gasteiger partial charge in [0.1, 0.15) is 12.1 Å². The molecule has 1 fully saturated rings. The fraction of sp³-hybridized carbons (Fsp3) is 0.733. The van der Waals surface area contributed by atoms with Crippen molar-refractivity contribution < 1.29 is 29.4 Å². The molecule has 9 nitrogen and oxygen atoms in total. The smallest absolute Gasteiger partial charge is 0.326 e. The van der Waals surface area contributed by atoms with Gasteiger partial charge < -0.3 is 26.2 Å². The average molecular weight is 343 g/mol. The van der Waals surface area contributed by atoms with E-state index in [1.807, 2.05) is 13.8 Å². The Morgan fingerprint density at radius 1 is 1.12 bits per heavy atom. The number of carboxylic acid groups (broad SMARTS) is 2. The summed E-state index contributed by atoms with van der Waals surface area (Å²) in [4.78, 5) is 46.5. The monoisotopic (exact) mass is 343 g/mol. The highest BCUT2D eigenvalue weighted by molar-refractivity contribution is 5.94. The van der Waals surface area contributed by atoms with E-state index in [1.165, 1.54) is 0 Å². The molecule has 0 aliphatic carbocycles. The van der Waals surface area contributed by atoms with Crippen molar-refractivity contribution in [3.05, 3.63) is 0 Å². The molecule has 5 N–H and O–H groups in total. The Morgan fingerprint density at radius 3 is 2.25 bits per heavy atom. The van der Waals surface area contributed by atoms with Crippen molar-refractivity contribution in [3.63, 3.8) is 0 Å². The predicted octanol–water partition coefficient (Wildman–Crippen LogP) is -0.687. The first-order chi connectivity index (χ1) is 11.2. The number of rotatable bonds is 9. The zero-order valence-corrected chi connectivity index (χ0v) is 13.9. The number of nitrogens with one attached hydrogen (secondary N) is 3. The lowest BCUT2D eigenvalue weighted by Gasteiger charge is -2.22. The van der Waals surface area contributed by atoms with E-state index in [0.29, 0.717) is 13.0 Å². The van der Waals surface area contributed by atoms with Crippen LogP contribution in [0.15, 0.2) is 0 Å². The van der Waals surface area contributed by atoms with E-state index in [0.717, 1.165) is 6.42 Å². The van der Waals surface area contributed by atoms with Crippen LogP contribution in [0.2, 0.25) is 0 Å². The number of amides is 2. The summed E-state index contributed by atoms with van der Waals surface area (Å²) in [6.45, 7) is 4.30. The van der Waals surface area contributed by atoms with Gasteiger partial charge in [0.15, 0.2) is 0 Å². The summed E-state index contributed by atoms with van der Waals surface area (Å²) in [6, 6.07) is -2.90. The molecule has 0 aromatic rings. The minimum atomic E-state index is -1.31. The van der Waals surface area contributed by atoms with Gasteiger partial charge in [-0.15, -0.1) is 0 Å². The Labute approximate surface area is 140 Å². The van der Waals surface area contributed by atoms with Crippen molar-refractivity contribution in [2.75, 3.05) is 6.54 Å². The zero-order chi connectivity index (χ0) is 18.3. The third kappa shape index (κ3) is 6.53. The highest BCUT2D eigenvalue weighted by atomic mass is 16.4. The summed E-state index contributed by atoms with van der Waals surface area (Å²) in [7, 11) is 0. The van der Waals surface area contributed by atoms with E-state index in [1.54, 1.807) is 0 Å². The number of carboxylic acids is 2. The molecule has 24 heavy (non-hydrogen) atoms. The molecule has 0 bridgehead atoms. The normalized spacial score (nSPS) is 19.5. The van der Waals surface area contributed by atoms with Crippen molar-refractivity contribution in [1.29, 1.82) is 0 Å². The van der Waals surface area contributed by atoms with E-state index >= 15 is 0 Å². The molecular formula is C15H25N3O6. The minimum Gasteiger partial charge on any atom is -0.481 e. The van der Waals surface area contributed by atoms with Crippen molar-refractivity contribution >= 4 is 23.8 Å². The maximum Gasteiger partial charge on any atom is 0.326 e. The Bertz CT molecular complexity index is 488. The van der Waals surface area contributed by atoms with Crippen molar-refractivity contribution in [2.45, 2.75) is 57.7 Å². The molecule has 0 spiro atoms. The van der Waals surface area contributed by atoms with Crippen LogP contribution in [0.5, 0.6) is 0 Å². The van der Waals surface area contributed by atoms with Gasteiger partial charge in [-0.05, 0) is 31.7 Å². The van der Waals surface area contributed by atoms with Gasteiger partial charge in [0.25, 0.3) is 0 Å². The van der Waals surface area contributed by atoms with E-state index in [-0.39, 0.29) is 12.3 Å². The molecule has 0 saturated carbocycles. The lowest BCUT2D eigenvalue weighted by molar-refractivity contribution is -0.143. The first-order valence-corrected chi connectivity index (χ1v) is 7.99. The summed E-state index contributed by atoms with van der Waals surface area (Å²) >= 11 is 0. The molecule has 1 aliphatic rings. The van der Waals surface area contributed by atoms with Gasteiger partial charge in [-0.1, -0.05) is 13.8 Å². The number of hydrogen-bond donors (Lipinski definition) is 5. The summed E-state index contributed by atoms with van der Waals surface area (Å²) in [5.74, 6) is -3.69. The van der Waals surface area contributed by atoms with Gasteiger partial charge in [-0.3, -0.25) is 14.4 Å². The van der Waals surface area contributed by atoms with Crippen LogP contribution in [0.25, 0.3) is 0 Å². The van der Waals surface area contributed by atoms with Gasteiger partial charge in [0.05, 0.1) is 12.5 Å². The largest absolute Gasteiger partial charge is 0.481 e. The van der Waals surface area contributed by atoms with Crippen LogP contribution in [-0.4, -0.2) is 58.6 Å². The second-order valence-electron chi connectivity index (χ2n) is 6.34. The molecule has 0 aromatic heterocycles. The average Bonchev–Trinajstić information content (AvgIpc) is 2.98. The van der Waals surface area contributed by atoms with Gasteiger partial charge in [-0.2, -0.15) is 0 Å². The van der Waals surface area contributed by atoms with Crippen molar-refractivity contribution in [1.82, 2.24) is 16.0 Å². The van der Waals surface area contributed by atoms with Crippen LogP contribution in [0, 0.1) is 5.92 Å². The van der Waals surface area contributed by atoms with Gasteiger partial charge in [0.2, 0.25) is 11.8 Å². The minimum absolute atomic E-state index is 0.0293. The van der Waals surface area contributed by atoms with Crippen LogP contribution >= 0.6 is 0 Å². The van der Waals surface area contributed by atoms with Gasteiger partial charge in [-0.25, -0.2) is 4.79 Å².